The number of nitrogens with one attached hydrogen (secondary N) is 2. The normalized spacial score (nSPS) is 13.9. The second-order valence-corrected chi connectivity index (χ2v) is 10.9. The molecule has 2 atom stereocenters. The first-order chi connectivity index (χ1) is 14.0. The third-order valence-electron chi connectivity index (χ3n) is 4.00. The molecule has 0 fully saturated rings. The number of rotatable bonds is 10. The molecule has 11 heteroatoms. The Kier molecular flexibility index (Phi) is 8.72. The van der Waals surface area contributed by atoms with Crippen molar-refractivity contribution >= 4 is 45.2 Å². The lowest BCUT2D eigenvalue weighted by Gasteiger charge is -2.19. The topological polar surface area (TPSA) is 104 Å². The Balaban J connectivity index is 2.33. The van der Waals surface area contributed by atoms with Crippen LogP contribution in [0.1, 0.15) is 38.0 Å². The highest BCUT2D eigenvalue weighted by molar-refractivity contribution is 7.99. The van der Waals surface area contributed by atoms with Crippen LogP contribution < -0.4 is 10.0 Å². The van der Waals surface area contributed by atoms with Crippen LogP contribution in [0.3, 0.4) is 0 Å². The quantitative estimate of drug-likeness (QED) is 0.346. The van der Waals surface area contributed by atoms with Gasteiger partial charge >= 0.3 is 0 Å². The van der Waals surface area contributed by atoms with Gasteiger partial charge in [-0.25, -0.2) is 17.8 Å². The zero-order chi connectivity index (χ0) is 22.5. The van der Waals surface area contributed by atoms with Gasteiger partial charge in [0.15, 0.2) is 0 Å². The average molecular weight is 477 g/mol. The fourth-order valence-corrected chi connectivity index (χ4v) is 4.44. The maximum Gasteiger partial charge on any atom is 0.230 e. The van der Waals surface area contributed by atoms with E-state index in [1.54, 1.807) is 12.1 Å². The molecule has 2 aromatic rings. The van der Waals surface area contributed by atoms with E-state index in [1.807, 2.05) is 20.8 Å². The molecule has 0 saturated heterocycles. The monoisotopic (exact) mass is 476 g/mol. The van der Waals surface area contributed by atoms with Gasteiger partial charge in [0.05, 0.1) is 18.9 Å². The number of benzene rings is 1. The molecule has 0 aliphatic heterocycles. The van der Waals surface area contributed by atoms with Gasteiger partial charge in [-0.3, -0.25) is 4.72 Å². The van der Waals surface area contributed by atoms with Crippen LogP contribution in [0.2, 0.25) is 5.02 Å². The lowest BCUT2D eigenvalue weighted by molar-refractivity contribution is 0.259. The summed E-state index contributed by atoms with van der Waals surface area (Å²) in [7, 11) is -3.56. The van der Waals surface area contributed by atoms with E-state index in [-0.39, 0.29) is 29.7 Å². The summed E-state index contributed by atoms with van der Waals surface area (Å²) in [5.41, 5.74) is 0.447. The van der Waals surface area contributed by atoms with Crippen LogP contribution in [-0.2, 0) is 10.0 Å². The van der Waals surface area contributed by atoms with E-state index in [2.05, 4.69) is 20.0 Å². The third-order valence-corrected chi connectivity index (χ3v) is 5.87. The van der Waals surface area contributed by atoms with Gasteiger partial charge in [-0.05, 0) is 31.4 Å². The molecule has 0 radical (unpaired) electrons. The molecule has 7 nitrogen and oxygen atoms in total. The maximum absolute atomic E-state index is 14.3. The van der Waals surface area contributed by atoms with Gasteiger partial charge in [-0.2, -0.15) is 4.98 Å². The van der Waals surface area contributed by atoms with Crippen LogP contribution >= 0.6 is 23.4 Å². The Hall–Kier alpha value is -1.62. The van der Waals surface area contributed by atoms with Crippen molar-refractivity contribution in [1.29, 1.82) is 0 Å². The first kappa shape index (κ1) is 24.6. The van der Waals surface area contributed by atoms with E-state index in [9.17, 15) is 17.9 Å². The Morgan fingerprint density at radius 2 is 1.93 bits per heavy atom. The number of sulfonamides is 1. The number of halogens is 2. The first-order valence-electron chi connectivity index (χ1n) is 9.32. The van der Waals surface area contributed by atoms with Crippen LogP contribution in [0, 0.1) is 11.7 Å². The van der Waals surface area contributed by atoms with Gasteiger partial charge in [-0.15, -0.1) is 0 Å². The number of thioether (sulfide) groups is 1. The molecule has 2 rings (SSSR count). The summed E-state index contributed by atoms with van der Waals surface area (Å²) in [4.78, 5) is 8.61. The second kappa shape index (κ2) is 10.6. The fraction of sp³-hybridized carbons (Fsp3) is 0.474. The summed E-state index contributed by atoms with van der Waals surface area (Å²) in [5, 5.41) is 13.1. The van der Waals surface area contributed by atoms with E-state index < -0.39 is 15.8 Å². The molecule has 1 aromatic heterocycles. The second-order valence-electron chi connectivity index (χ2n) is 7.37. The maximum atomic E-state index is 14.3. The Morgan fingerprint density at radius 3 is 2.50 bits per heavy atom. The van der Waals surface area contributed by atoms with E-state index in [0.29, 0.717) is 28.0 Å². The Labute approximate surface area is 185 Å². The molecule has 0 spiro atoms. The molecule has 0 aliphatic carbocycles. The van der Waals surface area contributed by atoms with E-state index in [4.69, 9.17) is 11.6 Å². The zero-order valence-corrected chi connectivity index (χ0v) is 19.6. The Bertz CT molecular complexity index is 976. The van der Waals surface area contributed by atoms with Crippen LogP contribution in [0.25, 0.3) is 0 Å². The first-order valence-corrected chi connectivity index (χ1v) is 12.5. The number of hydrogen-bond donors (Lipinski definition) is 3. The molecule has 3 N–H and O–H groups in total. The van der Waals surface area contributed by atoms with Gasteiger partial charge in [0, 0.05) is 21.9 Å². The van der Waals surface area contributed by atoms with Gasteiger partial charge in [0.2, 0.25) is 16.0 Å². The van der Waals surface area contributed by atoms with Crippen LogP contribution in [-0.4, -0.2) is 42.4 Å². The summed E-state index contributed by atoms with van der Waals surface area (Å²) in [6, 6.07) is 5.66. The van der Waals surface area contributed by atoms with E-state index in [1.165, 1.54) is 23.9 Å². The van der Waals surface area contributed by atoms with Crippen molar-refractivity contribution in [2.75, 3.05) is 22.9 Å². The van der Waals surface area contributed by atoms with Crippen molar-refractivity contribution in [1.82, 2.24) is 9.97 Å². The molecule has 0 bridgehead atoms. The summed E-state index contributed by atoms with van der Waals surface area (Å²) in [5.74, 6) is 0.160. The molecule has 30 heavy (non-hydrogen) atoms. The standard InChI is InChI=1S/C19H26ClFN4O3S2/c1-11(2)7-14(10-26)22-19-23-17(25-30(4,27)28)9-18(24-19)29-12(3)15-6-5-13(20)8-16(15)21/h5-6,8-9,11-12,14,26H,7,10H2,1-4H3,(H2,22,23,24,25)/t12-,14+/m0/s1. The van der Waals surface area contributed by atoms with Crippen molar-refractivity contribution in [2.45, 2.75) is 43.5 Å². The van der Waals surface area contributed by atoms with Crippen LogP contribution in [0.4, 0.5) is 16.2 Å². The molecule has 1 aromatic carbocycles. The van der Waals surface area contributed by atoms with Gasteiger partial charge in [-0.1, -0.05) is 43.3 Å². The average Bonchev–Trinajstić information content (AvgIpc) is 2.58. The lowest BCUT2D eigenvalue weighted by atomic mass is 10.0. The minimum Gasteiger partial charge on any atom is -0.394 e. The number of aliphatic hydroxyl groups excluding tert-OH is 1. The van der Waals surface area contributed by atoms with Crippen LogP contribution in [0.15, 0.2) is 29.3 Å². The molecular formula is C19H26ClFN4O3S2. The van der Waals surface area contributed by atoms with Crippen molar-refractivity contribution in [3.05, 3.63) is 40.7 Å². The van der Waals surface area contributed by atoms with Crippen molar-refractivity contribution in [3.63, 3.8) is 0 Å². The highest BCUT2D eigenvalue weighted by atomic mass is 35.5. The van der Waals surface area contributed by atoms with Crippen LogP contribution in [0.5, 0.6) is 0 Å². The van der Waals surface area contributed by atoms with Crippen molar-refractivity contribution < 1.29 is 17.9 Å². The predicted octanol–water partition coefficient (Wildman–Crippen LogP) is 4.31. The summed E-state index contributed by atoms with van der Waals surface area (Å²) >= 11 is 7.07. The molecule has 0 aliphatic rings. The number of anilines is 2. The summed E-state index contributed by atoms with van der Waals surface area (Å²) in [6.07, 6.45) is 1.70. The molecule has 1 heterocycles. The number of aromatic nitrogens is 2. The Morgan fingerprint density at radius 1 is 1.23 bits per heavy atom. The zero-order valence-electron chi connectivity index (χ0n) is 17.2. The van der Waals surface area contributed by atoms with E-state index in [0.717, 1.165) is 6.26 Å². The van der Waals surface area contributed by atoms with Crippen molar-refractivity contribution in [3.8, 4) is 0 Å². The third kappa shape index (κ3) is 7.90. The number of aliphatic hydroxyl groups is 1. The summed E-state index contributed by atoms with van der Waals surface area (Å²) < 4.78 is 39.9. The highest BCUT2D eigenvalue weighted by Gasteiger charge is 2.18. The highest BCUT2D eigenvalue weighted by Crippen LogP contribution is 2.36. The molecule has 166 valence electrons. The van der Waals surface area contributed by atoms with Gasteiger partial charge in [0.1, 0.15) is 16.7 Å². The van der Waals surface area contributed by atoms with Gasteiger partial charge < -0.3 is 10.4 Å². The lowest BCUT2D eigenvalue weighted by Crippen LogP contribution is -2.27. The molecule has 0 amide bonds. The number of nitrogens with zero attached hydrogens (tertiary/aromatic N) is 2. The number of hydrogen-bond acceptors (Lipinski definition) is 7. The molecule has 0 unspecified atom stereocenters. The molecule has 0 saturated carbocycles. The smallest absolute Gasteiger partial charge is 0.230 e. The summed E-state index contributed by atoms with van der Waals surface area (Å²) in [6.45, 7) is 5.73. The van der Waals surface area contributed by atoms with E-state index >= 15 is 0 Å². The minimum absolute atomic E-state index is 0.0857. The fourth-order valence-electron chi connectivity index (χ4n) is 2.80. The minimum atomic E-state index is -3.56. The van der Waals surface area contributed by atoms with Crippen molar-refractivity contribution in [2.24, 2.45) is 5.92 Å². The van der Waals surface area contributed by atoms with Gasteiger partial charge in [0.25, 0.3) is 0 Å². The predicted molar refractivity (Wildman–Crippen MR) is 120 cm³/mol. The molecular weight excluding hydrogens is 451 g/mol. The SMILES string of the molecule is CC(C)C[C@H](CO)Nc1nc(NS(C)(=O)=O)cc(S[C@@H](C)c2ccc(Cl)cc2F)n1. The largest absolute Gasteiger partial charge is 0.394 e.